The highest BCUT2D eigenvalue weighted by Gasteiger charge is 2.29. The van der Waals surface area contributed by atoms with Crippen LogP contribution in [-0.4, -0.2) is 33.0 Å². The van der Waals surface area contributed by atoms with Crippen molar-refractivity contribution in [2.24, 2.45) is 0 Å². The number of amides is 1. The minimum absolute atomic E-state index is 0.154. The number of hydrogen-bond donors (Lipinski definition) is 0. The van der Waals surface area contributed by atoms with Crippen molar-refractivity contribution in [1.82, 2.24) is 14.5 Å². The monoisotopic (exact) mass is 409 g/mol. The van der Waals surface area contributed by atoms with Crippen LogP contribution in [0.3, 0.4) is 0 Å². The van der Waals surface area contributed by atoms with Crippen LogP contribution in [0.2, 0.25) is 0 Å². The van der Waals surface area contributed by atoms with E-state index in [0.29, 0.717) is 24.3 Å². The number of carbonyl (C=O) groups excluding carboxylic acids is 1. The van der Waals surface area contributed by atoms with Crippen molar-refractivity contribution in [3.8, 4) is 5.69 Å². The first kappa shape index (κ1) is 19.8. The highest BCUT2D eigenvalue weighted by Crippen LogP contribution is 2.23. The molecule has 154 valence electrons. The third kappa shape index (κ3) is 4.25. The normalized spacial score (nSPS) is 18.0. The molecule has 2 aromatic carbocycles. The van der Waals surface area contributed by atoms with Crippen LogP contribution in [0, 0.1) is 18.6 Å². The summed E-state index contributed by atoms with van der Waals surface area (Å²) in [5, 5.41) is 0. The lowest BCUT2D eigenvalue weighted by molar-refractivity contribution is -0.139. The molecule has 3 aromatic rings. The number of aryl methyl sites for hydroxylation is 1. The van der Waals surface area contributed by atoms with Crippen LogP contribution in [0.5, 0.6) is 0 Å². The van der Waals surface area contributed by atoms with Gasteiger partial charge in [0, 0.05) is 12.7 Å². The molecule has 0 radical (unpaired) electrons. The fourth-order valence-corrected chi connectivity index (χ4v) is 3.42. The quantitative estimate of drug-likeness (QED) is 0.606. The highest BCUT2D eigenvalue weighted by atomic mass is 19.1. The predicted octanol–water partition coefficient (Wildman–Crippen LogP) is 4.25. The Bertz CT molecular complexity index is 1110. The fraction of sp³-hybridized carbons (Fsp3) is 0.217. The topological polar surface area (TPSA) is 47.4 Å². The van der Waals surface area contributed by atoms with E-state index in [2.05, 4.69) is 4.98 Å². The first-order valence-corrected chi connectivity index (χ1v) is 9.61. The lowest BCUT2D eigenvalue weighted by atomic mass is 10.1. The summed E-state index contributed by atoms with van der Waals surface area (Å²) in [6.45, 7) is 4.46. The van der Waals surface area contributed by atoms with Crippen LogP contribution in [-0.2, 0) is 16.1 Å². The van der Waals surface area contributed by atoms with E-state index in [1.54, 1.807) is 52.3 Å². The molecule has 1 unspecified atom stereocenters. The maximum Gasteiger partial charge on any atom is 0.289 e. The van der Waals surface area contributed by atoms with E-state index < -0.39 is 5.82 Å². The Morgan fingerprint density at radius 1 is 1.20 bits per heavy atom. The Labute approximate surface area is 173 Å². The van der Waals surface area contributed by atoms with E-state index in [1.807, 2.05) is 13.8 Å². The molecule has 0 spiro atoms. The van der Waals surface area contributed by atoms with Gasteiger partial charge in [0.15, 0.2) is 5.76 Å². The smallest absolute Gasteiger partial charge is 0.289 e. The molecule has 1 fully saturated rings. The van der Waals surface area contributed by atoms with Gasteiger partial charge in [0.25, 0.3) is 5.91 Å². The van der Waals surface area contributed by atoms with Gasteiger partial charge in [0.05, 0.1) is 24.3 Å². The molecule has 0 saturated carbocycles. The molecule has 5 nitrogen and oxygen atoms in total. The standard InChI is InChI=1S/C23H21F2N3O2/c1-15-11-28(14-26-15)21-8-5-18(9-20(21)25)10-22-23(29)27(12-16(2)30-22)13-17-3-6-19(24)7-4-17/h3-11,14,16H,12-13H2,1-2H3. The number of imidazole rings is 1. The van der Waals surface area contributed by atoms with Gasteiger partial charge >= 0.3 is 0 Å². The second-order valence-electron chi connectivity index (χ2n) is 7.38. The summed E-state index contributed by atoms with van der Waals surface area (Å²) in [7, 11) is 0. The minimum atomic E-state index is -0.429. The van der Waals surface area contributed by atoms with Gasteiger partial charge in [-0.3, -0.25) is 4.79 Å². The summed E-state index contributed by atoms with van der Waals surface area (Å²) in [5.41, 5.74) is 2.51. The molecule has 1 aliphatic heterocycles. The second kappa shape index (κ2) is 8.10. The lowest BCUT2D eigenvalue weighted by Gasteiger charge is -2.33. The molecule has 1 aliphatic rings. The molecule has 30 heavy (non-hydrogen) atoms. The molecular weight excluding hydrogens is 388 g/mol. The van der Waals surface area contributed by atoms with Crippen LogP contribution in [0.25, 0.3) is 11.8 Å². The average Bonchev–Trinajstić information content (AvgIpc) is 3.13. The molecule has 1 aromatic heterocycles. The zero-order chi connectivity index (χ0) is 21.3. The van der Waals surface area contributed by atoms with Gasteiger partial charge in [-0.15, -0.1) is 0 Å². The molecule has 0 aliphatic carbocycles. The zero-order valence-corrected chi connectivity index (χ0v) is 16.7. The van der Waals surface area contributed by atoms with Crippen LogP contribution in [0.15, 0.2) is 60.7 Å². The molecule has 7 heteroatoms. The molecule has 4 rings (SSSR count). The number of aromatic nitrogens is 2. The molecular formula is C23H21F2N3O2. The first-order valence-electron chi connectivity index (χ1n) is 9.61. The number of rotatable bonds is 4. The van der Waals surface area contributed by atoms with Crippen molar-refractivity contribution in [2.75, 3.05) is 6.54 Å². The molecule has 1 saturated heterocycles. The maximum absolute atomic E-state index is 14.6. The number of benzene rings is 2. The number of nitrogens with zero attached hydrogens (tertiary/aromatic N) is 3. The number of halogens is 2. The maximum atomic E-state index is 14.6. The van der Waals surface area contributed by atoms with Gasteiger partial charge in [-0.05, 0) is 55.3 Å². The van der Waals surface area contributed by atoms with Crippen LogP contribution >= 0.6 is 0 Å². The van der Waals surface area contributed by atoms with Crippen molar-refractivity contribution < 1.29 is 18.3 Å². The zero-order valence-electron chi connectivity index (χ0n) is 16.7. The van der Waals surface area contributed by atoms with Crippen LogP contribution < -0.4 is 0 Å². The molecule has 0 bridgehead atoms. The Balaban J connectivity index is 1.56. The fourth-order valence-electron chi connectivity index (χ4n) is 3.42. The number of morpholine rings is 1. The second-order valence-corrected chi connectivity index (χ2v) is 7.38. The Kier molecular flexibility index (Phi) is 5.35. The minimum Gasteiger partial charge on any atom is -0.483 e. The predicted molar refractivity (Wildman–Crippen MR) is 109 cm³/mol. The number of carbonyl (C=O) groups is 1. The number of ether oxygens (including phenoxy) is 1. The summed E-state index contributed by atoms with van der Waals surface area (Å²) in [4.78, 5) is 18.6. The Morgan fingerprint density at radius 3 is 2.63 bits per heavy atom. The Hall–Kier alpha value is -3.48. The van der Waals surface area contributed by atoms with Gasteiger partial charge in [0.1, 0.15) is 17.7 Å². The molecule has 2 heterocycles. The van der Waals surface area contributed by atoms with E-state index in [0.717, 1.165) is 11.3 Å². The average molecular weight is 409 g/mol. The summed E-state index contributed by atoms with van der Waals surface area (Å²) in [6, 6.07) is 10.8. The highest BCUT2D eigenvalue weighted by molar-refractivity contribution is 5.96. The molecule has 1 atom stereocenters. The van der Waals surface area contributed by atoms with Gasteiger partial charge in [-0.25, -0.2) is 13.8 Å². The van der Waals surface area contributed by atoms with E-state index >= 15 is 0 Å². The lowest BCUT2D eigenvalue weighted by Crippen LogP contribution is -2.43. The molecule has 0 N–H and O–H groups in total. The van der Waals surface area contributed by atoms with Gasteiger partial charge in [-0.1, -0.05) is 18.2 Å². The first-order chi connectivity index (χ1) is 14.4. The van der Waals surface area contributed by atoms with E-state index in [-0.39, 0.29) is 23.6 Å². The summed E-state index contributed by atoms with van der Waals surface area (Å²) < 4.78 is 35.1. The third-order valence-corrected chi connectivity index (χ3v) is 4.85. The van der Waals surface area contributed by atoms with Crippen molar-refractivity contribution in [1.29, 1.82) is 0 Å². The molecule has 1 amide bonds. The van der Waals surface area contributed by atoms with Gasteiger partial charge in [0.2, 0.25) is 0 Å². The van der Waals surface area contributed by atoms with E-state index in [4.69, 9.17) is 4.74 Å². The summed E-state index contributed by atoms with van der Waals surface area (Å²) in [5.74, 6) is -0.882. The summed E-state index contributed by atoms with van der Waals surface area (Å²) >= 11 is 0. The van der Waals surface area contributed by atoms with E-state index in [1.165, 1.54) is 18.2 Å². The van der Waals surface area contributed by atoms with Gasteiger partial charge < -0.3 is 14.2 Å². The van der Waals surface area contributed by atoms with Crippen LogP contribution in [0.4, 0.5) is 8.78 Å². The van der Waals surface area contributed by atoms with Crippen molar-refractivity contribution in [3.05, 3.63) is 89.2 Å². The third-order valence-electron chi connectivity index (χ3n) is 4.85. The SMILES string of the molecule is Cc1cn(-c2ccc(C=C3OC(C)CN(Cc4ccc(F)cc4)C3=O)cc2F)cn1. The largest absolute Gasteiger partial charge is 0.483 e. The number of hydrogen-bond acceptors (Lipinski definition) is 3. The van der Waals surface area contributed by atoms with Crippen molar-refractivity contribution in [3.63, 3.8) is 0 Å². The van der Waals surface area contributed by atoms with Gasteiger partial charge in [-0.2, -0.15) is 0 Å². The van der Waals surface area contributed by atoms with Crippen LogP contribution in [0.1, 0.15) is 23.7 Å². The van der Waals surface area contributed by atoms with E-state index in [9.17, 15) is 13.6 Å². The van der Waals surface area contributed by atoms with Crippen molar-refractivity contribution in [2.45, 2.75) is 26.5 Å². The Morgan fingerprint density at radius 2 is 1.97 bits per heavy atom. The van der Waals surface area contributed by atoms with Crippen molar-refractivity contribution >= 4 is 12.0 Å². The summed E-state index contributed by atoms with van der Waals surface area (Å²) in [6.07, 6.45) is 4.61.